The second kappa shape index (κ2) is 7.08. The molecule has 0 radical (unpaired) electrons. The maximum absolute atomic E-state index is 3.60. The SMILES string of the molecule is CCC(CCBr)NCc1ccc(C)c(C)c1. The van der Waals surface area contributed by atoms with Crippen molar-refractivity contribution in [3.8, 4) is 0 Å². The van der Waals surface area contributed by atoms with Crippen molar-refractivity contribution in [2.75, 3.05) is 5.33 Å². The molecule has 0 bridgehead atoms. The van der Waals surface area contributed by atoms with E-state index in [9.17, 15) is 0 Å². The van der Waals surface area contributed by atoms with Gasteiger partial charge >= 0.3 is 0 Å². The molecule has 1 N–H and O–H groups in total. The third kappa shape index (κ3) is 4.26. The summed E-state index contributed by atoms with van der Waals surface area (Å²) in [6.07, 6.45) is 2.39. The number of alkyl halides is 1. The van der Waals surface area contributed by atoms with E-state index in [2.05, 4.69) is 60.2 Å². The Kier molecular flexibility index (Phi) is 6.07. The minimum Gasteiger partial charge on any atom is -0.310 e. The van der Waals surface area contributed by atoms with Crippen molar-refractivity contribution in [3.63, 3.8) is 0 Å². The van der Waals surface area contributed by atoms with Gasteiger partial charge in [0.1, 0.15) is 0 Å². The summed E-state index contributed by atoms with van der Waals surface area (Å²) in [5, 5.41) is 4.68. The number of hydrogen-bond donors (Lipinski definition) is 1. The molecule has 0 heterocycles. The molecular formula is C14H22BrN. The molecule has 1 aromatic rings. The van der Waals surface area contributed by atoms with Gasteiger partial charge in [0.25, 0.3) is 0 Å². The van der Waals surface area contributed by atoms with Crippen LogP contribution in [0.4, 0.5) is 0 Å². The average molecular weight is 284 g/mol. The lowest BCUT2D eigenvalue weighted by atomic mass is 10.1. The molecule has 0 amide bonds. The van der Waals surface area contributed by atoms with Crippen LogP contribution < -0.4 is 5.32 Å². The van der Waals surface area contributed by atoms with Gasteiger partial charge in [0, 0.05) is 17.9 Å². The van der Waals surface area contributed by atoms with Gasteiger partial charge in [0.15, 0.2) is 0 Å². The van der Waals surface area contributed by atoms with Gasteiger partial charge < -0.3 is 5.32 Å². The van der Waals surface area contributed by atoms with Gasteiger partial charge in [0.2, 0.25) is 0 Å². The largest absolute Gasteiger partial charge is 0.310 e. The molecule has 0 spiro atoms. The molecule has 1 unspecified atom stereocenters. The zero-order chi connectivity index (χ0) is 12.0. The fourth-order valence-corrected chi connectivity index (χ4v) is 2.31. The zero-order valence-electron chi connectivity index (χ0n) is 10.5. The highest BCUT2D eigenvalue weighted by Gasteiger charge is 2.04. The van der Waals surface area contributed by atoms with Gasteiger partial charge in [0.05, 0.1) is 0 Å². The molecular weight excluding hydrogens is 262 g/mol. The van der Waals surface area contributed by atoms with E-state index in [1.165, 1.54) is 29.5 Å². The summed E-state index contributed by atoms with van der Waals surface area (Å²) in [6.45, 7) is 7.55. The molecule has 0 aromatic heterocycles. The van der Waals surface area contributed by atoms with Crippen LogP contribution >= 0.6 is 15.9 Å². The first-order valence-corrected chi connectivity index (χ1v) is 7.15. The van der Waals surface area contributed by atoms with Crippen LogP contribution in [0.3, 0.4) is 0 Å². The van der Waals surface area contributed by atoms with Gasteiger partial charge in [-0.05, 0) is 43.4 Å². The monoisotopic (exact) mass is 283 g/mol. The van der Waals surface area contributed by atoms with Crippen molar-refractivity contribution >= 4 is 15.9 Å². The normalized spacial score (nSPS) is 12.8. The van der Waals surface area contributed by atoms with E-state index in [0.29, 0.717) is 6.04 Å². The fourth-order valence-electron chi connectivity index (χ4n) is 1.76. The minimum absolute atomic E-state index is 0.626. The summed E-state index contributed by atoms with van der Waals surface area (Å²) in [6, 6.07) is 7.33. The van der Waals surface area contributed by atoms with Crippen molar-refractivity contribution in [1.29, 1.82) is 0 Å². The Morgan fingerprint density at radius 3 is 2.56 bits per heavy atom. The first kappa shape index (κ1) is 13.7. The number of halogens is 1. The highest BCUT2D eigenvalue weighted by molar-refractivity contribution is 9.09. The number of benzene rings is 1. The molecule has 0 aliphatic carbocycles. The van der Waals surface area contributed by atoms with Crippen molar-refractivity contribution in [2.45, 2.75) is 46.2 Å². The molecule has 1 rings (SSSR count). The molecule has 0 saturated carbocycles. The molecule has 1 atom stereocenters. The summed E-state index contributed by atoms with van der Waals surface area (Å²) in [4.78, 5) is 0. The van der Waals surface area contributed by atoms with E-state index in [4.69, 9.17) is 0 Å². The summed E-state index contributed by atoms with van der Waals surface area (Å²) >= 11 is 3.50. The minimum atomic E-state index is 0.626. The Morgan fingerprint density at radius 1 is 1.25 bits per heavy atom. The van der Waals surface area contributed by atoms with Crippen molar-refractivity contribution in [2.24, 2.45) is 0 Å². The Balaban J connectivity index is 2.50. The van der Waals surface area contributed by atoms with Crippen LogP contribution in [0.25, 0.3) is 0 Å². The van der Waals surface area contributed by atoms with Gasteiger partial charge in [-0.3, -0.25) is 0 Å². The maximum Gasteiger partial charge on any atom is 0.0208 e. The molecule has 0 saturated heterocycles. The predicted octanol–water partition coefficient (Wildman–Crippen LogP) is 3.96. The second-order valence-electron chi connectivity index (χ2n) is 4.38. The molecule has 90 valence electrons. The Morgan fingerprint density at radius 2 is 2.00 bits per heavy atom. The van der Waals surface area contributed by atoms with Gasteiger partial charge in [-0.15, -0.1) is 0 Å². The van der Waals surface area contributed by atoms with Crippen LogP contribution in [0.5, 0.6) is 0 Å². The lowest BCUT2D eigenvalue weighted by molar-refractivity contribution is 0.488. The molecule has 0 fully saturated rings. The fraction of sp³-hybridized carbons (Fsp3) is 0.571. The molecule has 0 aliphatic heterocycles. The Labute approximate surface area is 108 Å². The molecule has 2 heteroatoms. The highest BCUT2D eigenvalue weighted by Crippen LogP contribution is 2.10. The van der Waals surface area contributed by atoms with Gasteiger partial charge in [-0.25, -0.2) is 0 Å². The second-order valence-corrected chi connectivity index (χ2v) is 5.18. The smallest absolute Gasteiger partial charge is 0.0208 e. The van der Waals surface area contributed by atoms with Crippen LogP contribution in [-0.4, -0.2) is 11.4 Å². The third-order valence-electron chi connectivity index (χ3n) is 3.12. The van der Waals surface area contributed by atoms with E-state index in [-0.39, 0.29) is 0 Å². The van der Waals surface area contributed by atoms with Crippen molar-refractivity contribution in [3.05, 3.63) is 34.9 Å². The lowest BCUT2D eigenvalue weighted by Crippen LogP contribution is -2.28. The zero-order valence-corrected chi connectivity index (χ0v) is 12.1. The Bertz CT molecular complexity index is 323. The average Bonchev–Trinajstić information content (AvgIpc) is 2.28. The van der Waals surface area contributed by atoms with E-state index >= 15 is 0 Å². The van der Waals surface area contributed by atoms with Crippen molar-refractivity contribution < 1.29 is 0 Å². The molecule has 16 heavy (non-hydrogen) atoms. The van der Waals surface area contributed by atoms with Gasteiger partial charge in [-0.1, -0.05) is 41.1 Å². The number of aryl methyl sites for hydroxylation is 2. The van der Waals surface area contributed by atoms with Crippen LogP contribution in [0.1, 0.15) is 36.5 Å². The molecule has 1 aromatic carbocycles. The standard InChI is InChI=1S/C14H22BrN/c1-4-14(7-8-15)16-10-13-6-5-11(2)12(3)9-13/h5-6,9,14,16H,4,7-8,10H2,1-3H3. The highest BCUT2D eigenvalue weighted by atomic mass is 79.9. The topological polar surface area (TPSA) is 12.0 Å². The molecule has 1 nitrogen and oxygen atoms in total. The number of rotatable bonds is 6. The summed E-state index contributed by atoms with van der Waals surface area (Å²) < 4.78 is 0. The van der Waals surface area contributed by atoms with Crippen LogP contribution in [0.2, 0.25) is 0 Å². The summed E-state index contributed by atoms with van der Waals surface area (Å²) in [5.74, 6) is 0. The summed E-state index contributed by atoms with van der Waals surface area (Å²) in [7, 11) is 0. The number of nitrogens with one attached hydrogen (secondary N) is 1. The quantitative estimate of drug-likeness (QED) is 0.780. The van der Waals surface area contributed by atoms with Crippen LogP contribution in [-0.2, 0) is 6.54 Å². The first-order chi connectivity index (χ1) is 7.67. The first-order valence-electron chi connectivity index (χ1n) is 6.02. The van der Waals surface area contributed by atoms with Crippen LogP contribution in [0, 0.1) is 13.8 Å². The van der Waals surface area contributed by atoms with Gasteiger partial charge in [-0.2, -0.15) is 0 Å². The van der Waals surface area contributed by atoms with E-state index in [1.807, 2.05) is 0 Å². The maximum atomic E-state index is 3.60. The van der Waals surface area contributed by atoms with Crippen molar-refractivity contribution in [1.82, 2.24) is 5.32 Å². The molecule has 0 aliphatic rings. The number of hydrogen-bond acceptors (Lipinski definition) is 1. The predicted molar refractivity (Wildman–Crippen MR) is 75.2 cm³/mol. The van der Waals surface area contributed by atoms with E-state index in [0.717, 1.165) is 11.9 Å². The van der Waals surface area contributed by atoms with E-state index < -0.39 is 0 Å². The third-order valence-corrected chi connectivity index (χ3v) is 3.57. The summed E-state index contributed by atoms with van der Waals surface area (Å²) in [5.41, 5.74) is 4.14. The Hall–Kier alpha value is -0.340. The van der Waals surface area contributed by atoms with E-state index in [1.54, 1.807) is 0 Å². The lowest BCUT2D eigenvalue weighted by Gasteiger charge is -2.16. The van der Waals surface area contributed by atoms with Crippen LogP contribution in [0.15, 0.2) is 18.2 Å².